The fraction of sp³-hybridized carbons (Fsp3) is 0.417. The normalized spacial score (nSPS) is 22.2. The molecule has 3 rings (SSSR count). The van der Waals surface area contributed by atoms with Gasteiger partial charge in [-0.25, -0.2) is 0 Å². The molecule has 0 radical (unpaired) electrons. The van der Waals surface area contributed by atoms with E-state index in [0.29, 0.717) is 22.9 Å². The molecule has 1 aromatic carbocycles. The Hall–Kier alpha value is -0.970. The first-order valence-corrected chi connectivity index (χ1v) is 6.07. The molecule has 4 nitrogen and oxygen atoms in total. The lowest BCUT2D eigenvalue weighted by Gasteiger charge is -2.33. The van der Waals surface area contributed by atoms with Crippen LogP contribution in [0.15, 0.2) is 18.2 Å². The SMILES string of the molecule is Cl.O=C1c2cc(Cl)ccc2OCC2CNCCN12. The summed E-state index contributed by atoms with van der Waals surface area (Å²) in [5.74, 6) is 0.653. The van der Waals surface area contributed by atoms with E-state index in [1.165, 1.54) is 0 Å². The second-order valence-electron chi connectivity index (χ2n) is 4.31. The number of hydrogen-bond acceptors (Lipinski definition) is 3. The Morgan fingerprint density at radius 3 is 3.11 bits per heavy atom. The molecular formula is C12H14Cl2N2O2. The first-order valence-electron chi connectivity index (χ1n) is 5.70. The van der Waals surface area contributed by atoms with Gasteiger partial charge in [-0.3, -0.25) is 4.79 Å². The van der Waals surface area contributed by atoms with E-state index in [-0.39, 0.29) is 24.4 Å². The van der Waals surface area contributed by atoms with Crippen LogP contribution in [0.1, 0.15) is 10.4 Å². The lowest BCUT2D eigenvalue weighted by atomic mass is 10.1. The molecular weight excluding hydrogens is 275 g/mol. The Kier molecular flexibility index (Phi) is 4.00. The predicted molar refractivity (Wildman–Crippen MR) is 71.9 cm³/mol. The molecule has 0 bridgehead atoms. The largest absolute Gasteiger partial charge is 0.491 e. The second-order valence-corrected chi connectivity index (χ2v) is 4.74. The number of rotatable bonds is 0. The zero-order valence-corrected chi connectivity index (χ0v) is 11.3. The van der Waals surface area contributed by atoms with Crippen molar-refractivity contribution in [3.63, 3.8) is 0 Å². The Balaban J connectivity index is 0.00000120. The molecule has 0 spiro atoms. The Bertz CT molecular complexity index is 467. The van der Waals surface area contributed by atoms with Crippen molar-refractivity contribution >= 4 is 29.9 Å². The molecule has 1 amide bonds. The molecule has 0 aliphatic carbocycles. The summed E-state index contributed by atoms with van der Waals surface area (Å²) in [4.78, 5) is 14.3. The molecule has 18 heavy (non-hydrogen) atoms. The summed E-state index contributed by atoms with van der Waals surface area (Å²) in [5, 5.41) is 3.83. The summed E-state index contributed by atoms with van der Waals surface area (Å²) >= 11 is 5.93. The van der Waals surface area contributed by atoms with E-state index in [1.54, 1.807) is 18.2 Å². The summed E-state index contributed by atoms with van der Waals surface area (Å²) < 4.78 is 5.68. The number of fused-ring (bicyclic) bond motifs is 2. The number of carbonyl (C=O) groups excluding carboxylic acids is 1. The smallest absolute Gasteiger partial charge is 0.258 e. The fourth-order valence-corrected chi connectivity index (χ4v) is 2.49. The minimum absolute atomic E-state index is 0. The van der Waals surface area contributed by atoms with Crippen LogP contribution >= 0.6 is 24.0 Å². The van der Waals surface area contributed by atoms with Crippen LogP contribution in [0, 0.1) is 0 Å². The van der Waals surface area contributed by atoms with Crippen molar-refractivity contribution in [2.24, 2.45) is 0 Å². The Morgan fingerprint density at radius 1 is 1.44 bits per heavy atom. The number of ether oxygens (including phenoxy) is 1. The van der Waals surface area contributed by atoms with E-state index in [0.717, 1.165) is 19.6 Å². The molecule has 1 N–H and O–H groups in total. The van der Waals surface area contributed by atoms with Gasteiger partial charge in [-0.1, -0.05) is 11.6 Å². The molecule has 1 aromatic rings. The van der Waals surface area contributed by atoms with Gasteiger partial charge in [0.15, 0.2) is 0 Å². The van der Waals surface area contributed by atoms with Crippen LogP contribution in [0.25, 0.3) is 0 Å². The van der Waals surface area contributed by atoms with Gasteiger partial charge in [0.1, 0.15) is 12.4 Å². The summed E-state index contributed by atoms with van der Waals surface area (Å²) in [6.07, 6.45) is 0. The third kappa shape index (κ3) is 2.28. The van der Waals surface area contributed by atoms with Gasteiger partial charge in [0, 0.05) is 24.7 Å². The maximum atomic E-state index is 12.4. The number of benzene rings is 1. The van der Waals surface area contributed by atoms with Crippen molar-refractivity contribution in [3.8, 4) is 5.75 Å². The van der Waals surface area contributed by atoms with Gasteiger partial charge >= 0.3 is 0 Å². The third-order valence-electron chi connectivity index (χ3n) is 3.21. The van der Waals surface area contributed by atoms with E-state index < -0.39 is 0 Å². The maximum absolute atomic E-state index is 12.4. The third-order valence-corrected chi connectivity index (χ3v) is 3.45. The quantitative estimate of drug-likeness (QED) is 0.788. The standard InChI is InChI=1S/C12H13ClN2O2.ClH/c13-8-1-2-11-10(5-8)12(16)15-4-3-14-6-9(15)7-17-11;/h1-2,5,9,14H,3-4,6-7H2;1H. The monoisotopic (exact) mass is 288 g/mol. The summed E-state index contributed by atoms with van der Waals surface area (Å²) in [6.45, 7) is 2.87. The average molecular weight is 289 g/mol. The highest BCUT2D eigenvalue weighted by molar-refractivity contribution is 6.31. The summed E-state index contributed by atoms with van der Waals surface area (Å²) in [7, 11) is 0. The number of nitrogens with zero attached hydrogens (tertiary/aromatic N) is 1. The lowest BCUT2D eigenvalue weighted by Crippen LogP contribution is -2.54. The van der Waals surface area contributed by atoms with Crippen LogP contribution in [0.4, 0.5) is 0 Å². The van der Waals surface area contributed by atoms with Gasteiger partial charge in [0.05, 0.1) is 11.6 Å². The highest BCUT2D eigenvalue weighted by Crippen LogP contribution is 2.28. The zero-order valence-electron chi connectivity index (χ0n) is 9.69. The van der Waals surface area contributed by atoms with Crippen molar-refractivity contribution in [1.82, 2.24) is 10.2 Å². The number of hydrogen-bond donors (Lipinski definition) is 1. The second kappa shape index (κ2) is 5.34. The number of piperazine rings is 1. The lowest BCUT2D eigenvalue weighted by molar-refractivity contribution is 0.0606. The van der Waals surface area contributed by atoms with E-state index in [9.17, 15) is 4.79 Å². The Morgan fingerprint density at radius 2 is 2.28 bits per heavy atom. The highest BCUT2D eigenvalue weighted by Gasteiger charge is 2.32. The van der Waals surface area contributed by atoms with Gasteiger partial charge in [0.25, 0.3) is 5.91 Å². The molecule has 2 aliphatic rings. The summed E-state index contributed by atoms with van der Waals surface area (Å²) in [5.41, 5.74) is 0.571. The van der Waals surface area contributed by atoms with E-state index in [2.05, 4.69) is 5.32 Å². The number of halogens is 2. The van der Waals surface area contributed by atoms with Gasteiger partial charge in [-0.15, -0.1) is 12.4 Å². The van der Waals surface area contributed by atoms with Crippen molar-refractivity contribution in [1.29, 1.82) is 0 Å². The number of nitrogens with one attached hydrogen (secondary N) is 1. The van der Waals surface area contributed by atoms with Crippen LogP contribution in [-0.2, 0) is 0 Å². The molecule has 6 heteroatoms. The molecule has 1 unspecified atom stereocenters. The van der Waals surface area contributed by atoms with Gasteiger partial charge < -0.3 is 15.0 Å². The van der Waals surface area contributed by atoms with E-state index in [1.807, 2.05) is 4.90 Å². The first kappa shape index (κ1) is 13.5. The minimum atomic E-state index is 0. The Labute approximate surface area is 117 Å². The van der Waals surface area contributed by atoms with E-state index >= 15 is 0 Å². The van der Waals surface area contributed by atoms with Gasteiger partial charge in [-0.05, 0) is 18.2 Å². The maximum Gasteiger partial charge on any atom is 0.258 e. The van der Waals surface area contributed by atoms with Gasteiger partial charge in [-0.2, -0.15) is 0 Å². The van der Waals surface area contributed by atoms with E-state index in [4.69, 9.17) is 16.3 Å². The predicted octanol–water partition coefficient (Wildman–Crippen LogP) is 1.57. The molecule has 1 atom stereocenters. The van der Waals surface area contributed by atoms with Gasteiger partial charge in [0.2, 0.25) is 0 Å². The molecule has 2 aliphatic heterocycles. The molecule has 1 saturated heterocycles. The van der Waals surface area contributed by atoms with Crippen molar-refractivity contribution in [3.05, 3.63) is 28.8 Å². The molecule has 0 saturated carbocycles. The van der Waals surface area contributed by atoms with Crippen molar-refractivity contribution < 1.29 is 9.53 Å². The molecule has 0 aromatic heterocycles. The number of amides is 1. The first-order chi connectivity index (χ1) is 8.25. The minimum Gasteiger partial charge on any atom is -0.491 e. The zero-order chi connectivity index (χ0) is 11.8. The van der Waals surface area contributed by atoms with Crippen LogP contribution in [-0.4, -0.2) is 43.1 Å². The summed E-state index contributed by atoms with van der Waals surface area (Å²) in [6, 6.07) is 5.31. The van der Waals surface area contributed by atoms with Crippen LogP contribution in [0.5, 0.6) is 5.75 Å². The molecule has 2 heterocycles. The fourth-order valence-electron chi connectivity index (χ4n) is 2.31. The van der Waals surface area contributed by atoms with Crippen LogP contribution < -0.4 is 10.1 Å². The van der Waals surface area contributed by atoms with Crippen molar-refractivity contribution in [2.75, 3.05) is 26.2 Å². The van der Waals surface area contributed by atoms with Crippen LogP contribution in [0.3, 0.4) is 0 Å². The molecule has 1 fully saturated rings. The number of carbonyl (C=O) groups is 1. The average Bonchev–Trinajstić information content (AvgIpc) is 2.49. The van der Waals surface area contributed by atoms with Crippen molar-refractivity contribution in [2.45, 2.75) is 6.04 Å². The topological polar surface area (TPSA) is 41.6 Å². The molecule has 98 valence electrons. The highest BCUT2D eigenvalue weighted by atomic mass is 35.5. The van der Waals surface area contributed by atoms with Crippen LogP contribution in [0.2, 0.25) is 5.02 Å².